The maximum absolute atomic E-state index is 12.3. The summed E-state index contributed by atoms with van der Waals surface area (Å²) in [7, 11) is -2.26. The van der Waals surface area contributed by atoms with E-state index in [1.807, 2.05) is 37.3 Å². The quantitative estimate of drug-likeness (QED) is 0.799. The van der Waals surface area contributed by atoms with Gasteiger partial charge in [-0.15, -0.1) is 0 Å². The smallest absolute Gasteiger partial charge is 0.251 e. The van der Waals surface area contributed by atoms with Gasteiger partial charge >= 0.3 is 0 Å². The van der Waals surface area contributed by atoms with Crippen molar-refractivity contribution in [3.8, 4) is 5.75 Å². The standard InChI is InChI=1S/C17H20N2O4S/c1-13(12-23-15-8-4-3-5-9-15)19-17(20)14-7-6-10-16(11-14)24(21,22)18-2/h3-11,13,18H,12H2,1-2H3,(H,19,20)/t13-/m1/s1. The molecule has 24 heavy (non-hydrogen) atoms. The summed E-state index contributed by atoms with van der Waals surface area (Å²) in [6, 6.07) is 14.9. The molecule has 0 saturated carbocycles. The number of benzene rings is 2. The Balaban J connectivity index is 1.98. The lowest BCUT2D eigenvalue weighted by molar-refractivity contribution is 0.0926. The van der Waals surface area contributed by atoms with Crippen LogP contribution in [0.3, 0.4) is 0 Å². The number of amides is 1. The van der Waals surface area contributed by atoms with Gasteiger partial charge in [-0.05, 0) is 44.3 Å². The van der Waals surface area contributed by atoms with Crippen LogP contribution in [0.25, 0.3) is 0 Å². The Kier molecular flexibility index (Phi) is 5.94. The van der Waals surface area contributed by atoms with E-state index in [2.05, 4.69) is 10.0 Å². The topological polar surface area (TPSA) is 84.5 Å². The van der Waals surface area contributed by atoms with Crippen LogP contribution in [-0.4, -0.2) is 34.0 Å². The number of rotatable bonds is 7. The maximum atomic E-state index is 12.3. The van der Waals surface area contributed by atoms with E-state index in [1.165, 1.54) is 25.2 Å². The van der Waals surface area contributed by atoms with Gasteiger partial charge in [0.25, 0.3) is 5.91 Å². The highest BCUT2D eigenvalue weighted by molar-refractivity contribution is 7.89. The molecule has 6 nitrogen and oxygen atoms in total. The first-order chi connectivity index (χ1) is 11.4. The summed E-state index contributed by atoms with van der Waals surface area (Å²) in [5.74, 6) is 0.369. The lowest BCUT2D eigenvalue weighted by Crippen LogP contribution is -2.36. The normalized spacial score (nSPS) is 12.4. The molecule has 0 aliphatic heterocycles. The number of nitrogens with one attached hydrogen (secondary N) is 2. The molecule has 0 aliphatic carbocycles. The summed E-state index contributed by atoms with van der Waals surface area (Å²) in [6.45, 7) is 2.12. The molecule has 0 aromatic heterocycles. The van der Waals surface area contributed by atoms with E-state index in [0.29, 0.717) is 6.61 Å². The molecule has 0 heterocycles. The Morgan fingerprint density at radius 3 is 2.50 bits per heavy atom. The molecule has 2 N–H and O–H groups in total. The van der Waals surface area contributed by atoms with Crippen LogP contribution in [0.2, 0.25) is 0 Å². The summed E-state index contributed by atoms with van der Waals surface area (Å²) in [5.41, 5.74) is 0.276. The van der Waals surface area contributed by atoms with E-state index < -0.39 is 10.0 Å². The van der Waals surface area contributed by atoms with Gasteiger partial charge < -0.3 is 10.1 Å². The van der Waals surface area contributed by atoms with E-state index in [4.69, 9.17) is 4.74 Å². The summed E-state index contributed by atoms with van der Waals surface area (Å²) in [4.78, 5) is 12.3. The lowest BCUT2D eigenvalue weighted by atomic mass is 10.2. The Hall–Kier alpha value is -2.38. The third-order valence-corrected chi connectivity index (χ3v) is 4.71. The molecule has 0 spiro atoms. The molecule has 0 unspecified atom stereocenters. The zero-order chi connectivity index (χ0) is 17.6. The van der Waals surface area contributed by atoms with Crippen LogP contribution in [-0.2, 0) is 10.0 Å². The highest BCUT2D eigenvalue weighted by atomic mass is 32.2. The molecule has 0 fully saturated rings. The fourth-order valence-electron chi connectivity index (χ4n) is 2.01. The maximum Gasteiger partial charge on any atom is 0.251 e. The van der Waals surface area contributed by atoms with Gasteiger partial charge in [0.05, 0.1) is 10.9 Å². The van der Waals surface area contributed by atoms with Crippen molar-refractivity contribution in [1.82, 2.24) is 10.0 Å². The molecule has 0 bridgehead atoms. The molecule has 1 atom stereocenters. The molecule has 2 aromatic carbocycles. The van der Waals surface area contributed by atoms with E-state index in [1.54, 1.807) is 6.07 Å². The SMILES string of the molecule is CNS(=O)(=O)c1cccc(C(=O)N[C@H](C)COc2ccccc2)c1. The summed E-state index contributed by atoms with van der Waals surface area (Å²) >= 11 is 0. The van der Waals surface area contributed by atoms with Gasteiger partial charge in [0.15, 0.2) is 0 Å². The average Bonchev–Trinajstić information content (AvgIpc) is 2.61. The highest BCUT2D eigenvalue weighted by Gasteiger charge is 2.15. The number of ether oxygens (including phenoxy) is 1. The summed E-state index contributed by atoms with van der Waals surface area (Å²) < 4.78 is 31.4. The Labute approximate surface area is 141 Å². The number of carbonyl (C=O) groups excluding carboxylic acids is 1. The van der Waals surface area contributed by atoms with E-state index >= 15 is 0 Å². The molecular formula is C17H20N2O4S. The minimum atomic E-state index is -3.58. The number of para-hydroxylation sites is 1. The van der Waals surface area contributed by atoms with E-state index in [9.17, 15) is 13.2 Å². The number of carbonyl (C=O) groups is 1. The predicted octanol–water partition coefficient (Wildman–Crippen LogP) is 1.79. The first kappa shape index (κ1) is 18.0. The second-order valence-corrected chi connectivity index (χ2v) is 7.12. The van der Waals surface area contributed by atoms with Crippen LogP contribution >= 0.6 is 0 Å². The van der Waals surface area contributed by atoms with Crippen molar-refractivity contribution in [1.29, 1.82) is 0 Å². The second-order valence-electron chi connectivity index (χ2n) is 5.23. The molecule has 0 radical (unpaired) electrons. The van der Waals surface area contributed by atoms with Crippen LogP contribution < -0.4 is 14.8 Å². The molecule has 7 heteroatoms. The average molecular weight is 348 g/mol. The van der Waals surface area contributed by atoms with Gasteiger partial charge in [-0.25, -0.2) is 13.1 Å². The van der Waals surface area contributed by atoms with Gasteiger partial charge in [-0.2, -0.15) is 0 Å². The lowest BCUT2D eigenvalue weighted by Gasteiger charge is -2.15. The molecule has 128 valence electrons. The van der Waals surface area contributed by atoms with Crippen LogP contribution in [0.5, 0.6) is 5.75 Å². The highest BCUT2D eigenvalue weighted by Crippen LogP contribution is 2.12. The molecular weight excluding hydrogens is 328 g/mol. The number of hydrogen-bond acceptors (Lipinski definition) is 4. The first-order valence-electron chi connectivity index (χ1n) is 7.44. The van der Waals surface area contributed by atoms with Crippen molar-refractivity contribution in [3.63, 3.8) is 0 Å². The van der Waals surface area contributed by atoms with Crippen LogP contribution in [0.15, 0.2) is 59.5 Å². The number of sulfonamides is 1. The van der Waals surface area contributed by atoms with E-state index in [-0.39, 0.29) is 22.4 Å². The second kappa shape index (κ2) is 7.94. The van der Waals surface area contributed by atoms with Gasteiger partial charge in [-0.3, -0.25) is 4.79 Å². The fraction of sp³-hybridized carbons (Fsp3) is 0.235. The monoisotopic (exact) mass is 348 g/mol. The third-order valence-electron chi connectivity index (χ3n) is 3.30. The largest absolute Gasteiger partial charge is 0.491 e. The Morgan fingerprint density at radius 2 is 1.83 bits per heavy atom. The van der Waals surface area contributed by atoms with E-state index in [0.717, 1.165) is 5.75 Å². The minimum absolute atomic E-state index is 0.0471. The molecule has 1 amide bonds. The van der Waals surface area contributed by atoms with Crippen LogP contribution in [0.4, 0.5) is 0 Å². The number of hydrogen-bond donors (Lipinski definition) is 2. The zero-order valence-electron chi connectivity index (χ0n) is 13.5. The molecule has 2 aromatic rings. The van der Waals surface area contributed by atoms with Gasteiger partial charge in [0.1, 0.15) is 12.4 Å². The summed E-state index contributed by atoms with van der Waals surface area (Å²) in [6.07, 6.45) is 0. The van der Waals surface area contributed by atoms with Crippen LogP contribution in [0, 0.1) is 0 Å². The minimum Gasteiger partial charge on any atom is -0.491 e. The zero-order valence-corrected chi connectivity index (χ0v) is 14.3. The molecule has 0 aliphatic rings. The third kappa shape index (κ3) is 4.81. The Bertz CT molecular complexity index is 791. The summed E-state index contributed by atoms with van der Waals surface area (Å²) in [5, 5.41) is 2.78. The predicted molar refractivity (Wildman–Crippen MR) is 91.6 cm³/mol. The van der Waals surface area contributed by atoms with Gasteiger partial charge in [0, 0.05) is 5.56 Å². The van der Waals surface area contributed by atoms with Crippen LogP contribution in [0.1, 0.15) is 17.3 Å². The molecule has 2 rings (SSSR count). The van der Waals surface area contributed by atoms with Crippen molar-refractivity contribution in [2.45, 2.75) is 17.9 Å². The van der Waals surface area contributed by atoms with Crippen molar-refractivity contribution in [3.05, 3.63) is 60.2 Å². The first-order valence-corrected chi connectivity index (χ1v) is 8.93. The molecule has 0 saturated heterocycles. The van der Waals surface area contributed by atoms with Crippen molar-refractivity contribution >= 4 is 15.9 Å². The van der Waals surface area contributed by atoms with Crippen molar-refractivity contribution < 1.29 is 17.9 Å². The van der Waals surface area contributed by atoms with Gasteiger partial charge in [-0.1, -0.05) is 24.3 Å². The van der Waals surface area contributed by atoms with Crippen molar-refractivity contribution in [2.75, 3.05) is 13.7 Å². The van der Waals surface area contributed by atoms with Gasteiger partial charge in [0.2, 0.25) is 10.0 Å². The van der Waals surface area contributed by atoms with Crippen molar-refractivity contribution in [2.24, 2.45) is 0 Å². The Morgan fingerprint density at radius 1 is 1.12 bits per heavy atom. The fourth-order valence-corrected chi connectivity index (χ4v) is 2.78.